The summed E-state index contributed by atoms with van der Waals surface area (Å²) < 4.78 is 16.3. The normalized spacial score (nSPS) is 13.6. The summed E-state index contributed by atoms with van der Waals surface area (Å²) >= 11 is 0. The van der Waals surface area contributed by atoms with Gasteiger partial charge in [0.25, 0.3) is 5.78 Å². The SMILES string of the molecule is Cc1ccc(-c2cccc3c2CCCN3c2nc3nncn3c3cc(N)c(F)cc23)cc1. The van der Waals surface area contributed by atoms with Crippen LogP contribution in [0.2, 0.25) is 0 Å². The van der Waals surface area contributed by atoms with Gasteiger partial charge in [0.2, 0.25) is 0 Å². The lowest BCUT2D eigenvalue weighted by molar-refractivity contribution is 0.634. The highest BCUT2D eigenvalue weighted by atomic mass is 19.1. The van der Waals surface area contributed by atoms with Crippen LogP contribution in [0, 0.1) is 12.7 Å². The number of nitrogens with zero attached hydrogens (tertiary/aromatic N) is 5. The number of nitrogens with two attached hydrogens (primary N) is 1. The van der Waals surface area contributed by atoms with E-state index in [2.05, 4.69) is 64.5 Å². The molecule has 0 unspecified atom stereocenters. The molecule has 0 saturated carbocycles. The first-order valence-electron chi connectivity index (χ1n) is 10.6. The number of aryl methyl sites for hydroxylation is 1. The summed E-state index contributed by atoms with van der Waals surface area (Å²) in [4.78, 5) is 6.95. The third kappa shape index (κ3) is 2.81. The van der Waals surface area contributed by atoms with Gasteiger partial charge in [0.1, 0.15) is 18.0 Å². The molecular weight excluding hydrogens is 403 g/mol. The molecule has 2 aromatic heterocycles. The molecule has 6 nitrogen and oxygen atoms in total. The fraction of sp³-hybridized carbons (Fsp3) is 0.160. The summed E-state index contributed by atoms with van der Waals surface area (Å²) in [5.74, 6) is 0.667. The van der Waals surface area contributed by atoms with E-state index in [0.717, 1.165) is 30.6 Å². The number of halogens is 1. The molecule has 0 fully saturated rings. The zero-order valence-corrected chi connectivity index (χ0v) is 17.6. The van der Waals surface area contributed by atoms with E-state index in [-0.39, 0.29) is 5.69 Å². The van der Waals surface area contributed by atoms with Crippen LogP contribution >= 0.6 is 0 Å². The lowest BCUT2D eigenvalue weighted by Crippen LogP contribution is -2.26. The van der Waals surface area contributed by atoms with Gasteiger partial charge in [-0.1, -0.05) is 42.0 Å². The van der Waals surface area contributed by atoms with Crippen LogP contribution in [-0.2, 0) is 6.42 Å². The predicted molar refractivity (Wildman–Crippen MR) is 125 cm³/mol. The zero-order chi connectivity index (χ0) is 21.8. The van der Waals surface area contributed by atoms with Crippen LogP contribution < -0.4 is 10.6 Å². The molecule has 3 heterocycles. The number of hydrogen-bond donors (Lipinski definition) is 1. The molecule has 1 aliphatic rings. The molecule has 0 spiro atoms. The molecule has 0 radical (unpaired) electrons. The van der Waals surface area contributed by atoms with Crippen molar-refractivity contribution in [3.63, 3.8) is 0 Å². The molecule has 0 bridgehead atoms. The topological polar surface area (TPSA) is 72.3 Å². The van der Waals surface area contributed by atoms with Crippen molar-refractivity contribution < 1.29 is 4.39 Å². The predicted octanol–water partition coefficient (Wildman–Crippen LogP) is 5.06. The van der Waals surface area contributed by atoms with Gasteiger partial charge in [0.05, 0.1) is 11.2 Å². The zero-order valence-electron chi connectivity index (χ0n) is 17.6. The standard InChI is InChI=1S/C25H21FN6/c1-15-7-9-16(10-8-15)17-4-2-6-22-18(17)5-3-11-31(22)24-19-12-20(26)21(27)13-23(19)32-14-28-30-25(32)29-24/h2,4,6-10,12-14H,3,5,11,27H2,1H3. The molecular formula is C25H21FN6. The molecule has 3 aromatic carbocycles. The Morgan fingerprint density at radius 2 is 1.91 bits per heavy atom. The lowest BCUT2D eigenvalue weighted by Gasteiger charge is -2.32. The highest BCUT2D eigenvalue weighted by molar-refractivity contribution is 5.96. The van der Waals surface area contributed by atoms with Crippen molar-refractivity contribution in [1.82, 2.24) is 19.6 Å². The summed E-state index contributed by atoms with van der Waals surface area (Å²) in [5.41, 5.74) is 12.7. The molecule has 158 valence electrons. The van der Waals surface area contributed by atoms with Crippen LogP contribution in [0.1, 0.15) is 17.5 Å². The van der Waals surface area contributed by atoms with Crippen LogP contribution in [0.15, 0.2) is 60.9 Å². The third-order valence-corrected chi connectivity index (χ3v) is 6.22. The van der Waals surface area contributed by atoms with E-state index in [4.69, 9.17) is 10.7 Å². The number of hydrogen-bond acceptors (Lipinski definition) is 5. The Kier molecular flexibility index (Phi) is 4.11. The number of fused-ring (bicyclic) bond motifs is 4. The summed E-state index contributed by atoms with van der Waals surface area (Å²) in [6, 6.07) is 18.0. The van der Waals surface area contributed by atoms with Crippen molar-refractivity contribution in [3.8, 4) is 11.1 Å². The van der Waals surface area contributed by atoms with Gasteiger partial charge in [0, 0.05) is 17.6 Å². The summed E-state index contributed by atoms with van der Waals surface area (Å²) in [5, 5.41) is 8.82. The first kappa shape index (κ1) is 18.7. The maximum absolute atomic E-state index is 14.5. The highest BCUT2D eigenvalue weighted by Gasteiger charge is 2.25. The second kappa shape index (κ2) is 7.02. The minimum Gasteiger partial charge on any atom is -0.396 e. The fourth-order valence-electron chi connectivity index (χ4n) is 4.64. The third-order valence-electron chi connectivity index (χ3n) is 6.22. The summed E-state index contributed by atoms with van der Waals surface area (Å²) in [7, 11) is 0. The van der Waals surface area contributed by atoms with Gasteiger partial charge in [-0.05, 0) is 54.7 Å². The Morgan fingerprint density at radius 3 is 2.75 bits per heavy atom. The van der Waals surface area contributed by atoms with Gasteiger partial charge < -0.3 is 10.6 Å². The Balaban J connectivity index is 1.59. The van der Waals surface area contributed by atoms with Gasteiger partial charge in [-0.2, -0.15) is 4.98 Å². The molecule has 0 aliphatic carbocycles. The van der Waals surface area contributed by atoms with Crippen LogP contribution in [0.4, 0.5) is 21.6 Å². The Labute approximate surface area is 184 Å². The highest BCUT2D eigenvalue weighted by Crippen LogP contribution is 2.41. The maximum atomic E-state index is 14.5. The monoisotopic (exact) mass is 424 g/mol. The first-order chi connectivity index (χ1) is 15.6. The van der Waals surface area contributed by atoms with E-state index in [1.54, 1.807) is 16.8 Å². The van der Waals surface area contributed by atoms with Gasteiger partial charge in [-0.15, -0.1) is 10.2 Å². The lowest BCUT2D eigenvalue weighted by atomic mass is 9.91. The maximum Gasteiger partial charge on any atom is 0.257 e. The number of aromatic nitrogens is 4. The molecule has 5 aromatic rings. The van der Waals surface area contributed by atoms with Crippen molar-refractivity contribution in [2.45, 2.75) is 19.8 Å². The Bertz CT molecular complexity index is 1490. The molecule has 2 N–H and O–H groups in total. The van der Waals surface area contributed by atoms with Crippen LogP contribution in [0.3, 0.4) is 0 Å². The van der Waals surface area contributed by atoms with Gasteiger partial charge >= 0.3 is 0 Å². The van der Waals surface area contributed by atoms with Crippen LogP contribution in [-0.4, -0.2) is 26.1 Å². The first-order valence-corrected chi connectivity index (χ1v) is 10.6. The van der Waals surface area contributed by atoms with E-state index in [9.17, 15) is 4.39 Å². The second-order valence-electron chi connectivity index (χ2n) is 8.25. The van der Waals surface area contributed by atoms with E-state index in [1.807, 2.05) is 0 Å². The molecule has 0 saturated heterocycles. The number of nitrogen functional groups attached to an aromatic ring is 1. The average molecular weight is 424 g/mol. The Hall–Kier alpha value is -4.00. The van der Waals surface area contributed by atoms with Gasteiger partial charge in [-0.3, -0.25) is 4.40 Å². The van der Waals surface area contributed by atoms with Crippen molar-refractivity contribution in [3.05, 3.63) is 77.9 Å². The summed E-state index contributed by atoms with van der Waals surface area (Å²) in [6.45, 7) is 2.87. The van der Waals surface area contributed by atoms with Gasteiger partial charge in [-0.25, -0.2) is 4.39 Å². The molecule has 7 heteroatoms. The van der Waals surface area contributed by atoms with E-state index >= 15 is 0 Å². The van der Waals surface area contributed by atoms with Crippen molar-refractivity contribution in [2.24, 2.45) is 0 Å². The Morgan fingerprint density at radius 1 is 1.06 bits per heavy atom. The fourth-order valence-corrected chi connectivity index (χ4v) is 4.64. The van der Waals surface area contributed by atoms with Crippen molar-refractivity contribution in [2.75, 3.05) is 17.2 Å². The number of benzene rings is 3. The molecule has 0 atom stereocenters. The molecule has 0 amide bonds. The van der Waals surface area contributed by atoms with Crippen LogP contribution in [0.25, 0.3) is 27.8 Å². The van der Waals surface area contributed by atoms with Crippen molar-refractivity contribution >= 4 is 33.9 Å². The number of anilines is 3. The second-order valence-corrected chi connectivity index (χ2v) is 8.25. The van der Waals surface area contributed by atoms with Crippen LogP contribution in [0.5, 0.6) is 0 Å². The van der Waals surface area contributed by atoms with E-state index in [0.29, 0.717) is 17.0 Å². The minimum absolute atomic E-state index is 0.0883. The largest absolute Gasteiger partial charge is 0.396 e. The molecule has 1 aliphatic heterocycles. The van der Waals surface area contributed by atoms with Crippen molar-refractivity contribution in [1.29, 1.82) is 0 Å². The minimum atomic E-state index is -0.460. The summed E-state index contributed by atoms with van der Waals surface area (Å²) in [6.07, 6.45) is 3.52. The quantitative estimate of drug-likeness (QED) is 0.401. The molecule has 32 heavy (non-hydrogen) atoms. The smallest absolute Gasteiger partial charge is 0.257 e. The van der Waals surface area contributed by atoms with E-state index < -0.39 is 5.82 Å². The van der Waals surface area contributed by atoms with Gasteiger partial charge in [0.15, 0.2) is 0 Å². The number of rotatable bonds is 2. The van der Waals surface area contributed by atoms with E-state index in [1.165, 1.54) is 28.3 Å². The average Bonchev–Trinajstić information content (AvgIpc) is 3.28. The molecule has 6 rings (SSSR count).